The van der Waals surface area contributed by atoms with Gasteiger partial charge in [-0.1, -0.05) is 0 Å². The van der Waals surface area contributed by atoms with Crippen LogP contribution in [0.4, 0.5) is 5.95 Å². The zero-order valence-electron chi connectivity index (χ0n) is 12.6. The molecule has 1 aromatic heterocycles. The molecular weight excluding hydrogens is 240 g/mol. The van der Waals surface area contributed by atoms with Crippen molar-refractivity contribution in [2.45, 2.75) is 34.6 Å². The molecule has 19 heavy (non-hydrogen) atoms. The number of anilines is 1. The minimum absolute atomic E-state index is 0.0242. The van der Waals surface area contributed by atoms with Gasteiger partial charge >= 0.3 is 0 Å². The Morgan fingerprint density at radius 3 is 2.11 bits per heavy atom. The number of amides is 1. The third kappa shape index (κ3) is 3.66. The van der Waals surface area contributed by atoms with Crippen LogP contribution in [0.25, 0.3) is 0 Å². The number of aryl methyl sites for hydroxylation is 1. The molecule has 0 fully saturated rings. The average Bonchev–Trinajstić information content (AvgIpc) is 2.40. The number of hydrogen-bond acceptors (Lipinski definition) is 4. The maximum absolute atomic E-state index is 12.3. The average molecular weight is 264 g/mol. The fourth-order valence-electron chi connectivity index (χ4n) is 1.98. The van der Waals surface area contributed by atoms with Crippen LogP contribution in [0.15, 0.2) is 6.07 Å². The molecule has 0 unspecified atom stereocenters. The minimum Gasteiger partial charge on any atom is -0.341 e. The Balaban J connectivity index is 3.12. The summed E-state index contributed by atoms with van der Waals surface area (Å²) in [4.78, 5) is 25.0. The van der Waals surface area contributed by atoms with E-state index in [9.17, 15) is 4.79 Å². The van der Waals surface area contributed by atoms with Crippen LogP contribution < -0.4 is 4.90 Å². The largest absolute Gasteiger partial charge is 0.341 e. The van der Waals surface area contributed by atoms with E-state index in [4.69, 9.17) is 0 Å². The quantitative estimate of drug-likeness (QED) is 0.789. The molecule has 1 heterocycles. The van der Waals surface area contributed by atoms with Crippen molar-refractivity contribution in [1.82, 2.24) is 14.9 Å². The van der Waals surface area contributed by atoms with Crippen molar-refractivity contribution in [2.24, 2.45) is 0 Å². The molecule has 0 aliphatic heterocycles. The highest BCUT2D eigenvalue weighted by Crippen LogP contribution is 2.11. The summed E-state index contributed by atoms with van der Waals surface area (Å²) < 4.78 is 0. The van der Waals surface area contributed by atoms with Gasteiger partial charge in [-0.05, 0) is 40.7 Å². The number of nitrogens with zero attached hydrogens (tertiary/aromatic N) is 4. The number of carbonyl (C=O) groups excluding carboxylic acids is 1. The third-order valence-corrected chi connectivity index (χ3v) is 3.16. The maximum atomic E-state index is 12.3. The van der Waals surface area contributed by atoms with Gasteiger partial charge in [-0.15, -0.1) is 0 Å². The summed E-state index contributed by atoms with van der Waals surface area (Å²) in [5.74, 6) is 0.615. The number of hydrogen-bond donors (Lipinski definition) is 0. The number of aromatic nitrogens is 2. The predicted octanol–water partition coefficient (Wildman–Crippen LogP) is 2.11. The Morgan fingerprint density at radius 2 is 1.63 bits per heavy atom. The second-order valence-corrected chi connectivity index (χ2v) is 4.34. The summed E-state index contributed by atoms with van der Waals surface area (Å²) in [6, 6.07) is 1.76. The van der Waals surface area contributed by atoms with Gasteiger partial charge in [-0.3, -0.25) is 4.79 Å². The van der Waals surface area contributed by atoms with Gasteiger partial charge in [0.1, 0.15) is 5.69 Å². The van der Waals surface area contributed by atoms with Crippen LogP contribution >= 0.6 is 0 Å². The van der Waals surface area contributed by atoms with E-state index in [1.165, 1.54) is 0 Å². The van der Waals surface area contributed by atoms with Gasteiger partial charge in [0.25, 0.3) is 5.91 Å². The van der Waals surface area contributed by atoms with Crippen LogP contribution in [-0.2, 0) is 0 Å². The first-order chi connectivity index (χ1) is 9.07. The van der Waals surface area contributed by atoms with E-state index in [1.54, 1.807) is 11.0 Å². The molecule has 0 aromatic carbocycles. The van der Waals surface area contributed by atoms with Crippen LogP contribution in [0.5, 0.6) is 0 Å². The molecular formula is C14H24N4O. The number of rotatable bonds is 6. The van der Waals surface area contributed by atoms with E-state index in [0.29, 0.717) is 24.7 Å². The molecule has 0 saturated heterocycles. The zero-order chi connectivity index (χ0) is 14.4. The summed E-state index contributed by atoms with van der Waals surface area (Å²) in [5, 5.41) is 0. The van der Waals surface area contributed by atoms with Crippen LogP contribution in [0, 0.1) is 6.92 Å². The topological polar surface area (TPSA) is 49.3 Å². The zero-order valence-corrected chi connectivity index (χ0v) is 12.6. The molecule has 0 atom stereocenters. The van der Waals surface area contributed by atoms with Gasteiger partial charge < -0.3 is 9.80 Å². The predicted molar refractivity (Wildman–Crippen MR) is 77.6 cm³/mol. The van der Waals surface area contributed by atoms with Crippen LogP contribution in [0.3, 0.4) is 0 Å². The van der Waals surface area contributed by atoms with Gasteiger partial charge in [0.05, 0.1) is 0 Å². The lowest BCUT2D eigenvalue weighted by atomic mass is 10.3. The van der Waals surface area contributed by atoms with Gasteiger partial charge in [0.2, 0.25) is 5.95 Å². The lowest BCUT2D eigenvalue weighted by molar-refractivity contribution is 0.0767. The lowest BCUT2D eigenvalue weighted by Gasteiger charge is -2.21. The van der Waals surface area contributed by atoms with Gasteiger partial charge in [0.15, 0.2) is 0 Å². The van der Waals surface area contributed by atoms with Crippen molar-refractivity contribution >= 4 is 11.9 Å². The van der Waals surface area contributed by atoms with Crippen molar-refractivity contribution in [3.63, 3.8) is 0 Å². The van der Waals surface area contributed by atoms with E-state index >= 15 is 0 Å². The second kappa shape index (κ2) is 7.07. The first-order valence-corrected chi connectivity index (χ1v) is 6.97. The number of carbonyl (C=O) groups is 1. The molecule has 1 amide bonds. The molecule has 1 aromatic rings. The normalized spacial score (nSPS) is 10.4. The highest BCUT2D eigenvalue weighted by Gasteiger charge is 2.17. The first-order valence-electron chi connectivity index (χ1n) is 6.97. The van der Waals surface area contributed by atoms with E-state index < -0.39 is 0 Å². The smallest absolute Gasteiger partial charge is 0.272 e. The molecule has 0 aliphatic carbocycles. The molecule has 0 N–H and O–H groups in total. The van der Waals surface area contributed by atoms with Crippen molar-refractivity contribution in [1.29, 1.82) is 0 Å². The maximum Gasteiger partial charge on any atom is 0.272 e. The molecule has 5 heteroatoms. The van der Waals surface area contributed by atoms with Crippen LogP contribution in [-0.4, -0.2) is 47.0 Å². The molecule has 0 spiro atoms. The minimum atomic E-state index is -0.0242. The second-order valence-electron chi connectivity index (χ2n) is 4.34. The van der Waals surface area contributed by atoms with Gasteiger partial charge in [0, 0.05) is 31.9 Å². The van der Waals surface area contributed by atoms with Crippen molar-refractivity contribution in [3.05, 3.63) is 17.5 Å². The molecule has 0 saturated carbocycles. The highest BCUT2D eigenvalue weighted by molar-refractivity contribution is 5.92. The Bertz CT molecular complexity index is 425. The van der Waals surface area contributed by atoms with E-state index in [0.717, 1.165) is 18.8 Å². The van der Waals surface area contributed by atoms with Crippen molar-refractivity contribution in [3.8, 4) is 0 Å². The van der Waals surface area contributed by atoms with E-state index in [1.807, 2.05) is 25.7 Å². The lowest BCUT2D eigenvalue weighted by Crippen LogP contribution is -2.32. The summed E-state index contributed by atoms with van der Waals surface area (Å²) in [6.07, 6.45) is 0. The fraction of sp³-hybridized carbons (Fsp3) is 0.643. The van der Waals surface area contributed by atoms with Crippen LogP contribution in [0.1, 0.15) is 43.9 Å². The molecule has 0 bridgehead atoms. The molecule has 5 nitrogen and oxygen atoms in total. The van der Waals surface area contributed by atoms with Crippen molar-refractivity contribution in [2.75, 3.05) is 31.1 Å². The Hall–Kier alpha value is -1.65. The molecule has 1 rings (SSSR count). The van der Waals surface area contributed by atoms with Gasteiger partial charge in [-0.25, -0.2) is 9.97 Å². The summed E-state index contributed by atoms with van der Waals surface area (Å²) in [7, 11) is 0. The third-order valence-electron chi connectivity index (χ3n) is 3.16. The van der Waals surface area contributed by atoms with E-state index in [2.05, 4.69) is 23.8 Å². The monoisotopic (exact) mass is 264 g/mol. The first kappa shape index (κ1) is 15.4. The standard InChI is InChI=1S/C14H24N4O/c1-6-17(7-2)13(19)12-10-11(5)15-14(16-12)18(8-3)9-4/h10H,6-9H2,1-5H3. The fourth-order valence-corrected chi connectivity index (χ4v) is 1.98. The Morgan fingerprint density at radius 1 is 1.05 bits per heavy atom. The molecule has 0 aliphatic rings. The molecule has 106 valence electrons. The highest BCUT2D eigenvalue weighted by atomic mass is 16.2. The summed E-state index contributed by atoms with van der Waals surface area (Å²) in [5.41, 5.74) is 1.31. The van der Waals surface area contributed by atoms with Crippen molar-refractivity contribution < 1.29 is 4.79 Å². The molecule has 0 radical (unpaired) electrons. The Labute approximate surface area is 115 Å². The summed E-state index contributed by atoms with van der Waals surface area (Å²) in [6.45, 7) is 13.0. The van der Waals surface area contributed by atoms with E-state index in [-0.39, 0.29) is 5.91 Å². The summed E-state index contributed by atoms with van der Waals surface area (Å²) >= 11 is 0. The van der Waals surface area contributed by atoms with Crippen LogP contribution in [0.2, 0.25) is 0 Å². The SMILES string of the molecule is CCN(CC)C(=O)c1cc(C)nc(N(CC)CC)n1. The Kier molecular flexibility index (Phi) is 5.73. The van der Waals surface area contributed by atoms with Gasteiger partial charge in [-0.2, -0.15) is 0 Å².